The Hall–Kier alpha value is -4.65. The van der Waals surface area contributed by atoms with E-state index < -0.39 is 5.97 Å². The Kier molecular flexibility index (Phi) is 7.53. The maximum atomic E-state index is 12.6. The molecule has 0 saturated carbocycles. The molecule has 0 radical (unpaired) electrons. The van der Waals surface area contributed by atoms with Crippen molar-refractivity contribution in [3.8, 4) is 11.1 Å². The van der Waals surface area contributed by atoms with E-state index in [2.05, 4.69) is 16.7 Å². The number of nitrogens with one attached hydrogen (secondary N) is 3. The van der Waals surface area contributed by atoms with Crippen LogP contribution in [-0.4, -0.2) is 29.4 Å². The first-order valence-corrected chi connectivity index (χ1v) is 12.1. The Balaban J connectivity index is 1.74. The molecule has 0 aliphatic carbocycles. The first-order chi connectivity index (χ1) is 17.7. The van der Waals surface area contributed by atoms with Crippen molar-refractivity contribution in [1.29, 1.82) is 5.41 Å². The summed E-state index contributed by atoms with van der Waals surface area (Å²) in [5, 5.41) is 25.9. The predicted octanol–water partition coefficient (Wildman–Crippen LogP) is 5.49. The smallest absolute Gasteiger partial charge is 0.336 e. The van der Waals surface area contributed by atoms with Gasteiger partial charge in [0.05, 0.1) is 5.56 Å². The van der Waals surface area contributed by atoms with E-state index in [0.29, 0.717) is 29.8 Å². The summed E-state index contributed by atoms with van der Waals surface area (Å²) in [6, 6.07) is 24.0. The normalized spacial score (nSPS) is 10.9. The average molecular weight is 495 g/mol. The molecular formula is C30H30N4O3. The lowest BCUT2D eigenvalue weighted by Crippen LogP contribution is -2.27. The van der Waals surface area contributed by atoms with Gasteiger partial charge in [0.1, 0.15) is 5.84 Å². The second-order valence-corrected chi connectivity index (χ2v) is 9.37. The van der Waals surface area contributed by atoms with Gasteiger partial charge in [-0.1, -0.05) is 44.2 Å². The van der Waals surface area contributed by atoms with Gasteiger partial charge >= 0.3 is 5.97 Å². The zero-order chi connectivity index (χ0) is 26.5. The van der Waals surface area contributed by atoms with E-state index in [1.807, 2.05) is 56.3 Å². The van der Waals surface area contributed by atoms with Crippen molar-refractivity contribution < 1.29 is 14.7 Å². The molecule has 0 bridgehead atoms. The van der Waals surface area contributed by atoms with E-state index in [9.17, 15) is 14.7 Å². The summed E-state index contributed by atoms with van der Waals surface area (Å²) in [7, 11) is 0. The van der Waals surface area contributed by atoms with Crippen LogP contribution in [0.15, 0.2) is 78.9 Å². The summed E-state index contributed by atoms with van der Waals surface area (Å²) in [6.07, 6.45) is 0. The number of aromatic carboxylic acids is 1. The molecule has 6 N–H and O–H groups in total. The summed E-state index contributed by atoms with van der Waals surface area (Å²) in [5.74, 6) is -1.10. The Morgan fingerprint density at radius 3 is 2.16 bits per heavy atom. The largest absolute Gasteiger partial charge is 0.478 e. The molecule has 7 nitrogen and oxygen atoms in total. The number of carboxylic acids is 1. The minimum absolute atomic E-state index is 0.00546. The number of rotatable bonds is 9. The van der Waals surface area contributed by atoms with Crippen LogP contribution in [0.1, 0.15) is 45.7 Å². The van der Waals surface area contributed by atoms with Gasteiger partial charge in [0.15, 0.2) is 0 Å². The lowest BCUT2D eigenvalue weighted by Gasteiger charge is -2.16. The van der Waals surface area contributed by atoms with Gasteiger partial charge in [-0.3, -0.25) is 10.2 Å². The number of hydrogen-bond acceptors (Lipinski definition) is 4. The number of anilines is 1. The summed E-state index contributed by atoms with van der Waals surface area (Å²) >= 11 is 0. The van der Waals surface area contributed by atoms with Crippen molar-refractivity contribution in [3.05, 3.63) is 101 Å². The molecule has 0 aliphatic rings. The number of amides is 1. The van der Waals surface area contributed by atoms with E-state index in [0.717, 1.165) is 27.6 Å². The Morgan fingerprint density at radius 2 is 1.54 bits per heavy atom. The molecule has 0 unspecified atom stereocenters. The molecule has 0 spiro atoms. The van der Waals surface area contributed by atoms with E-state index in [1.54, 1.807) is 24.3 Å². The number of carbonyl (C=O) groups excluding carboxylic acids is 1. The number of carbonyl (C=O) groups is 2. The highest BCUT2D eigenvalue weighted by atomic mass is 16.4. The molecule has 4 aromatic rings. The highest BCUT2D eigenvalue weighted by Crippen LogP contribution is 2.33. The van der Waals surface area contributed by atoms with Crippen molar-refractivity contribution >= 4 is 34.2 Å². The fourth-order valence-electron chi connectivity index (χ4n) is 4.15. The van der Waals surface area contributed by atoms with Crippen LogP contribution in [0.3, 0.4) is 0 Å². The molecule has 0 atom stereocenters. The number of nitrogen functional groups attached to an aromatic ring is 1. The Morgan fingerprint density at radius 1 is 0.892 bits per heavy atom. The minimum atomic E-state index is -1.10. The van der Waals surface area contributed by atoms with Crippen LogP contribution in [0.2, 0.25) is 0 Å². The monoisotopic (exact) mass is 494 g/mol. The standard InChI is InChI=1S/C30H30N4O3/c1-18(2)16-34-29(35)22-9-12-25(27(15-22)30(36)37)26-14-21-6-4-3-5-20(21)13-23(26)17-33-24-10-7-19(8-11-24)28(31)32/h3-15,18,33H,16-17H2,1-2H3,(H3,31,32)(H,34,35)(H,36,37). The van der Waals surface area contributed by atoms with E-state index >= 15 is 0 Å². The molecule has 7 heteroatoms. The lowest BCUT2D eigenvalue weighted by atomic mass is 9.91. The van der Waals surface area contributed by atoms with Gasteiger partial charge in [-0.2, -0.15) is 0 Å². The molecule has 37 heavy (non-hydrogen) atoms. The average Bonchev–Trinajstić information content (AvgIpc) is 2.89. The van der Waals surface area contributed by atoms with Crippen LogP contribution < -0.4 is 16.4 Å². The van der Waals surface area contributed by atoms with Crippen LogP contribution in [0.4, 0.5) is 5.69 Å². The zero-order valence-electron chi connectivity index (χ0n) is 20.8. The molecule has 0 fully saturated rings. The molecule has 188 valence electrons. The van der Waals surface area contributed by atoms with Crippen molar-refractivity contribution in [2.24, 2.45) is 11.7 Å². The first kappa shape index (κ1) is 25.4. The molecular weight excluding hydrogens is 464 g/mol. The van der Waals surface area contributed by atoms with Crippen LogP contribution in [0.25, 0.3) is 21.9 Å². The molecule has 0 aliphatic heterocycles. The SMILES string of the molecule is CC(C)CNC(=O)c1ccc(-c2cc3ccccc3cc2CNc2ccc(C(=N)N)cc2)c(C(=O)O)c1. The molecule has 0 saturated heterocycles. The molecule has 0 aromatic heterocycles. The van der Waals surface area contributed by atoms with Crippen LogP contribution in [-0.2, 0) is 6.54 Å². The van der Waals surface area contributed by atoms with Gasteiger partial charge in [0, 0.05) is 29.9 Å². The number of amidine groups is 1. The number of hydrogen-bond donors (Lipinski definition) is 5. The van der Waals surface area contributed by atoms with Gasteiger partial charge in [-0.15, -0.1) is 0 Å². The quantitative estimate of drug-likeness (QED) is 0.155. The summed E-state index contributed by atoms with van der Waals surface area (Å²) in [6.45, 7) is 4.95. The maximum Gasteiger partial charge on any atom is 0.336 e. The van der Waals surface area contributed by atoms with Gasteiger partial charge in [-0.25, -0.2) is 4.79 Å². The zero-order valence-corrected chi connectivity index (χ0v) is 20.8. The predicted molar refractivity (Wildman–Crippen MR) is 148 cm³/mol. The van der Waals surface area contributed by atoms with Crippen LogP contribution >= 0.6 is 0 Å². The van der Waals surface area contributed by atoms with Crippen molar-refractivity contribution in [1.82, 2.24) is 5.32 Å². The number of carboxylic acid groups (broad SMARTS) is 1. The highest BCUT2D eigenvalue weighted by Gasteiger charge is 2.18. The lowest BCUT2D eigenvalue weighted by molar-refractivity contribution is 0.0697. The van der Waals surface area contributed by atoms with E-state index in [1.165, 1.54) is 6.07 Å². The van der Waals surface area contributed by atoms with Crippen LogP contribution in [0.5, 0.6) is 0 Å². The summed E-state index contributed by atoms with van der Waals surface area (Å²) < 4.78 is 0. The van der Waals surface area contributed by atoms with Crippen LogP contribution in [0, 0.1) is 11.3 Å². The number of benzene rings is 4. The number of fused-ring (bicyclic) bond motifs is 1. The van der Waals surface area contributed by atoms with Gasteiger partial charge in [0.25, 0.3) is 5.91 Å². The summed E-state index contributed by atoms with van der Waals surface area (Å²) in [4.78, 5) is 24.9. The van der Waals surface area contributed by atoms with Crippen molar-refractivity contribution in [2.45, 2.75) is 20.4 Å². The molecule has 4 rings (SSSR count). The minimum Gasteiger partial charge on any atom is -0.478 e. The van der Waals surface area contributed by atoms with Gasteiger partial charge in [0.2, 0.25) is 0 Å². The molecule has 4 aromatic carbocycles. The fourth-order valence-corrected chi connectivity index (χ4v) is 4.15. The summed E-state index contributed by atoms with van der Waals surface area (Å²) in [5.41, 5.74) is 9.65. The Labute approximate surface area is 215 Å². The molecule has 0 heterocycles. The maximum absolute atomic E-state index is 12.6. The second-order valence-electron chi connectivity index (χ2n) is 9.37. The van der Waals surface area contributed by atoms with Gasteiger partial charge in [-0.05, 0) is 81.9 Å². The third-order valence-electron chi connectivity index (χ3n) is 6.12. The second kappa shape index (κ2) is 11.0. The Bertz CT molecular complexity index is 1480. The molecule has 1 amide bonds. The van der Waals surface area contributed by atoms with Gasteiger partial charge < -0.3 is 21.5 Å². The third kappa shape index (κ3) is 5.95. The third-order valence-corrected chi connectivity index (χ3v) is 6.12. The van der Waals surface area contributed by atoms with Crippen molar-refractivity contribution in [3.63, 3.8) is 0 Å². The topological polar surface area (TPSA) is 128 Å². The number of nitrogens with two attached hydrogens (primary N) is 1. The fraction of sp³-hybridized carbons (Fsp3) is 0.167. The van der Waals surface area contributed by atoms with Crippen molar-refractivity contribution in [2.75, 3.05) is 11.9 Å². The van der Waals surface area contributed by atoms with E-state index in [-0.39, 0.29) is 23.2 Å². The highest BCUT2D eigenvalue weighted by molar-refractivity contribution is 6.03. The first-order valence-electron chi connectivity index (χ1n) is 12.1. The van der Waals surface area contributed by atoms with E-state index in [4.69, 9.17) is 11.1 Å².